The number of carbonyl (C=O) groups is 2. The third-order valence-corrected chi connectivity index (χ3v) is 9.16. The van der Waals surface area contributed by atoms with Gasteiger partial charge in [0.25, 0.3) is 5.56 Å². The predicted molar refractivity (Wildman–Crippen MR) is 153 cm³/mol. The molecule has 3 atom stereocenters. The van der Waals surface area contributed by atoms with Gasteiger partial charge >= 0.3 is 5.69 Å². The molecule has 0 fully saturated rings. The number of ether oxygens (including phenoxy) is 5. The first-order valence-corrected chi connectivity index (χ1v) is 13.9. The Kier molecular flexibility index (Phi) is 5.77. The number of rotatable bonds is 3. The highest BCUT2D eigenvalue weighted by Crippen LogP contribution is 2.56. The number of hydrogen-bond acceptors (Lipinski definition) is 10. The van der Waals surface area contributed by atoms with Crippen LogP contribution in [0.4, 0.5) is 5.82 Å². The average molecular weight is 608 g/mol. The van der Waals surface area contributed by atoms with Crippen molar-refractivity contribution in [2.45, 2.75) is 24.9 Å². The topological polar surface area (TPSA) is 136 Å². The molecular formula is C30H26ClN3O9. The molecule has 4 aliphatic rings. The van der Waals surface area contributed by atoms with E-state index in [9.17, 15) is 19.2 Å². The fraction of sp³-hybridized carbons (Fsp3) is 0.333. The highest BCUT2D eigenvalue weighted by Gasteiger charge is 2.63. The molecular weight excluding hydrogens is 582 g/mol. The lowest BCUT2D eigenvalue weighted by atomic mass is 9.66. The standard InChI is InChI=1S/C30H26ClN3O9/c1-12-8-14-20(25(35)30(12)26(36)21-17(39-4)10-18(40-5)23(31)24(21)43-30)19(13-6-7-15-16(9-13)42-11-41-15)22-27(32-14)33(2)29(38)34(3)28(22)37/h6-7,9-10,12,19,32H,8,11H2,1-5H3/t12-,19?,30+/m1/s1. The smallest absolute Gasteiger partial charge is 0.332 e. The maximum atomic E-state index is 14.9. The van der Waals surface area contributed by atoms with Crippen molar-refractivity contribution >= 4 is 29.0 Å². The van der Waals surface area contributed by atoms with E-state index < -0.39 is 40.3 Å². The van der Waals surface area contributed by atoms with Crippen LogP contribution in [0, 0.1) is 5.92 Å². The minimum Gasteiger partial charge on any atom is -0.496 e. The number of halogens is 1. The number of nitrogens with one attached hydrogen (secondary N) is 1. The SMILES string of the molecule is COc1cc(OC)c2c(c1Cl)O[C@@]1(C(=O)C3=C(C[C@H]1C)Nc1c(c(=O)n(C)c(=O)n1C)C3c1ccc3c(c1)OCO3)C2=O. The number of allylic oxidation sites excluding steroid dienone is 1. The van der Waals surface area contributed by atoms with Gasteiger partial charge in [-0.25, -0.2) is 4.79 Å². The van der Waals surface area contributed by atoms with Gasteiger partial charge in [0.15, 0.2) is 17.2 Å². The van der Waals surface area contributed by atoms with Crippen molar-refractivity contribution in [2.24, 2.45) is 20.0 Å². The summed E-state index contributed by atoms with van der Waals surface area (Å²) in [6, 6.07) is 6.60. The lowest BCUT2D eigenvalue weighted by Crippen LogP contribution is -2.58. The number of aromatic nitrogens is 2. The van der Waals surface area contributed by atoms with E-state index in [1.165, 1.54) is 31.9 Å². The normalized spacial score (nSPS) is 23.0. The molecule has 3 aliphatic heterocycles. The average Bonchev–Trinajstić information content (AvgIpc) is 3.60. The molecule has 3 aromatic rings. The van der Waals surface area contributed by atoms with Crippen molar-refractivity contribution in [3.63, 3.8) is 0 Å². The molecule has 7 rings (SSSR count). The second-order valence-corrected chi connectivity index (χ2v) is 11.3. The minimum absolute atomic E-state index is 0.00535. The van der Waals surface area contributed by atoms with E-state index >= 15 is 0 Å². The Bertz CT molecular complexity index is 1960. The number of benzene rings is 2. The summed E-state index contributed by atoms with van der Waals surface area (Å²) < 4.78 is 30.6. The number of nitrogens with zero attached hydrogens (tertiary/aromatic N) is 2. The van der Waals surface area contributed by atoms with Crippen LogP contribution in [0.3, 0.4) is 0 Å². The van der Waals surface area contributed by atoms with Gasteiger partial charge in [0, 0.05) is 43.3 Å². The van der Waals surface area contributed by atoms with Crippen LogP contribution in [0.5, 0.6) is 28.7 Å². The summed E-state index contributed by atoms with van der Waals surface area (Å²) in [4.78, 5) is 56.0. The molecule has 1 N–H and O–H groups in total. The Labute approximate surface area is 249 Å². The molecule has 12 nitrogen and oxygen atoms in total. The number of fused-ring (bicyclic) bond motifs is 3. The summed E-state index contributed by atoms with van der Waals surface area (Å²) in [5, 5.41) is 3.23. The first kappa shape index (κ1) is 27.1. The molecule has 43 heavy (non-hydrogen) atoms. The zero-order chi connectivity index (χ0) is 30.5. The van der Waals surface area contributed by atoms with E-state index in [-0.39, 0.29) is 58.0 Å². The van der Waals surface area contributed by atoms with Gasteiger partial charge < -0.3 is 29.0 Å². The summed E-state index contributed by atoms with van der Waals surface area (Å²) in [6.07, 6.45) is 0.182. The molecule has 0 saturated heterocycles. The van der Waals surface area contributed by atoms with Crippen molar-refractivity contribution in [2.75, 3.05) is 26.3 Å². The van der Waals surface area contributed by atoms with Crippen LogP contribution in [-0.2, 0) is 18.9 Å². The maximum absolute atomic E-state index is 14.9. The molecule has 1 spiro atoms. The number of carbonyl (C=O) groups excluding carboxylic acids is 2. The number of ketones is 2. The number of methoxy groups -OCH3 is 2. The van der Waals surface area contributed by atoms with Gasteiger partial charge in [0.05, 0.1) is 19.8 Å². The van der Waals surface area contributed by atoms with Crippen LogP contribution in [0.15, 0.2) is 45.1 Å². The van der Waals surface area contributed by atoms with Crippen molar-refractivity contribution in [3.05, 3.63) is 78.1 Å². The molecule has 0 amide bonds. The number of anilines is 1. The largest absolute Gasteiger partial charge is 0.496 e. The van der Waals surface area contributed by atoms with Gasteiger partial charge in [-0.05, 0) is 24.1 Å². The Balaban J connectivity index is 1.48. The lowest BCUT2D eigenvalue weighted by molar-refractivity contribution is -0.130. The quantitative estimate of drug-likeness (QED) is 0.443. The predicted octanol–water partition coefficient (Wildman–Crippen LogP) is 2.92. The highest BCUT2D eigenvalue weighted by atomic mass is 35.5. The summed E-state index contributed by atoms with van der Waals surface area (Å²) >= 11 is 6.60. The first-order valence-electron chi connectivity index (χ1n) is 13.5. The van der Waals surface area contributed by atoms with Crippen LogP contribution in [0.1, 0.15) is 40.7 Å². The highest BCUT2D eigenvalue weighted by molar-refractivity contribution is 6.36. The summed E-state index contributed by atoms with van der Waals surface area (Å²) in [5.41, 5.74) is -1.72. The van der Waals surface area contributed by atoms with E-state index in [1.807, 2.05) is 0 Å². The Hall–Kier alpha value is -4.71. The van der Waals surface area contributed by atoms with E-state index in [0.717, 1.165) is 4.57 Å². The van der Waals surface area contributed by atoms with Crippen molar-refractivity contribution in [1.29, 1.82) is 0 Å². The second kappa shape index (κ2) is 9.14. The molecule has 1 unspecified atom stereocenters. The fourth-order valence-electron chi connectivity index (χ4n) is 6.61. The number of Topliss-reactive ketones (excluding diaryl/α,β-unsaturated/α-hetero) is 2. The molecule has 1 aliphatic carbocycles. The zero-order valence-electron chi connectivity index (χ0n) is 23.8. The van der Waals surface area contributed by atoms with E-state index in [2.05, 4.69) is 5.32 Å². The first-order chi connectivity index (χ1) is 20.5. The molecule has 13 heteroatoms. The molecule has 2 aromatic carbocycles. The molecule has 1 aromatic heterocycles. The van der Waals surface area contributed by atoms with E-state index in [4.69, 9.17) is 35.3 Å². The van der Waals surface area contributed by atoms with Crippen LogP contribution < -0.4 is 40.3 Å². The lowest BCUT2D eigenvalue weighted by Gasteiger charge is -2.42. The molecule has 0 saturated carbocycles. The van der Waals surface area contributed by atoms with Gasteiger partial charge in [0.2, 0.25) is 24.0 Å². The van der Waals surface area contributed by atoms with Crippen LogP contribution >= 0.6 is 11.6 Å². The molecule has 0 bridgehead atoms. The molecule has 0 radical (unpaired) electrons. The summed E-state index contributed by atoms with van der Waals surface area (Å²) in [5.74, 6) is -1.30. The minimum atomic E-state index is -2.00. The number of hydrogen-bond donors (Lipinski definition) is 1. The van der Waals surface area contributed by atoms with Crippen LogP contribution in [0.2, 0.25) is 5.02 Å². The van der Waals surface area contributed by atoms with Crippen molar-refractivity contribution < 1.29 is 33.3 Å². The van der Waals surface area contributed by atoms with Crippen molar-refractivity contribution in [1.82, 2.24) is 9.13 Å². The monoisotopic (exact) mass is 607 g/mol. The van der Waals surface area contributed by atoms with Gasteiger partial charge in [-0.1, -0.05) is 24.6 Å². The van der Waals surface area contributed by atoms with Gasteiger partial charge in [0.1, 0.15) is 27.9 Å². The zero-order valence-corrected chi connectivity index (χ0v) is 24.6. The Morgan fingerprint density at radius 1 is 0.977 bits per heavy atom. The maximum Gasteiger partial charge on any atom is 0.332 e. The Morgan fingerprint density at radius 2 is 1.70 bits per heavy atom. The van der Waals surface area contributed by atoms with Crippen LogP contribution in [0.25, 0.3) is 0 Å². The van der Waals surface area contributed by atoms with Gasteiger partial charge in [-0.2, -0.15) is 0 Å². The summed E-state index contributed by atoms with van der Waals surface area (Å²) in [7, 11) is 5.73. The van der Waals surface area contributed by atoms with Crippen LogP contribution in [-0.4, -0.2) is 47.3 Å². The van der Waals surface area contributed by atoms with E-state index in [0.29, 0.717) is 22.8 Å². The second-order valence-electron chi connectivity index (χ2n) is 10.9. The fourth-order valence-corrected chi connectivity index (χ4v) is 6.88. The third kappa shape index (κ3) is 3.38. The van der Waals surface area contributed by atoms with Gasteiger partial charge in [-0.15, -0.1) is 0 Å². The third-order valence-electron chi connectivity index (χ3n) is 8.81. The Morgan fingerprint density at radius 3 is 2.42 bits per heavy atom. The summed E-state index contributed by atoms with van der Waals surface area (Å²) in [6.45, 7) is 1.76. The van der Waals surface area contributed by atoms with Crippen molar-refractivity contribution in [3.8, 4) is 28.7 Å². The van der Waals surface area contributed by atoms with E-state index in [1.54, 1.807) is 32.2 Å². The molecule has 222 valence electrons. The molecule has 4 heterocycles. The van der Waals surface area contributed by atoms with Gasteiger partial charge in [-0.3, -0.25) is 23.5 Å².